The van der Waals surface area contributed by atoms with Crippen LogP contribution in [0.1, 0.15) is 33.3 Å². The third-order valence-corrected chi connectivity index (χ3v) is 7.99. The zero-order valence-corrected chi connectivity index (χ0v) is 19.7. The number of amides is 2. The van der Waals surface area contributed by atoms with Crippen molar-refractivity contribution in [1.29, 1.82) is 0 Å². The summed E-state index contributed by atoms with van der Waals surface area (Å²) in [5.74, 6) is -0.287. The van der Waals surface area contributed by atoms with Gasteiger partial charge in [0.2, 0.25) is 0 Å². The number of hydrogen-bond acceptors (Lipinski definition) is 3. The van der Waals surface area contributed by atoms with Gasteiger partial charge in [-0.05, 0) is 61.0 Å². The largest absolute Gasteiger partial charge is 0.322 e. The molecule has 0 spiro atoms. The van der Waals surface area contributed by atoms with Crippen LogP contribution >= 0.6 is 11.3 Å². The van der Waals surface area contributed by atoms with Crippen molar-refractivity contribution in [2.24, 2.45) is 0 Å². The minimum atomic E-state index is -0.346. The van der Waals surface area contributed by atoms with Crippen LogP contribution in [0.15, 0.2) is 72.9 Å². The summed E-state index contributed by atoms with van der Waals surface area (Å²) in [5, 5.41) is 4.27. The number of aromatic nitrogens is 1. The van der Waals surface area contributed by atoms with Gasteiger partial charge in [-0.2, -0.15) is 0 Å². The Labute approximate surface area is 202 Å². The third kappa shape index (κ3) is 3.61. The summed E-state index contributed by atoms with van der Waals surface area (Å²) in [6.07, 6.45) is 3.05. The van der Waals surface area contributed by atoms with Gasteiger partial charge in [0, 0.05) is 35.4 Å². The lowest BCUT2D eigenvalue weighted by atomic mass is 10.0. The highest BCUT2D eigenvalue weighted by atomic mass is 32.1. The van der Waals surface area contributed by atoms with E-state index < -0.39 is 0 Å². The van der Waals surface area contributed by atoms with E-state index >= 15 is 0 Å². The molecule has 0 saturated carbocycles. The number of halogens is 1. The SMILES string of the molecule is CN1CCc2c(sc3c2CN(C(=O)Nc2ccccc2)[C@@H](c2ccc(F)cc2)c2cccn2-3)C1. The van der Waals surface area contributed by atoms with Crippen molar-refractivity contribution >= 4 is 23.1 Å². The van der Waals surface area contributed by atoms with Crippen molar-refractivity contribution in [2.75, 3.05) is 18.9 Å². The number of para-hydroxylation sites is 1. The zero-order valence-electron chi connectivity index (χ0n) is 18.9. The number of hydrogen-bond donors (Lipinski definition) is 1. The van der Waals surface area contributed by atoms with E-state index in [-0.39, 0.29) is 17.9 Å². The number of nitrogens with one attached hydrogen (secondary N) is 1. The number of nitrogens with zero attached hydrogens (tertiary/aromatic N) is 3. The van der Waals surface area contributed by atoms with Crippen molar-refractivity contribution in [1.82, 2.24) is 14.4 Å². The topological polar surface area (TPSA) is 40.5 Å². The van der Waals surface area contributed by atoms with E-state index in [1.807, 2.05) is 52.6 Å². The van der Waals surface area contributed by atoms with Crippen molar-refractivity contribution in [2.45, 2.75) is 25.6 Å². The maximum Gasteiger partial charge on any atom is 0.322 e. The Morgan fingerprint density at radius 3 is 2.59 bits per heavy atom. The van der Waals surface area contributed by atoms with Gasteiger partial charge in [-0.3, -0.25) is 0 Å². The van der Waals surface area contributed by atoms with Crippen LogP contribution in [0, 0.1) is 5.82 Å². The molecule has 0 bridgehead atoms. The summed E-state index contributed by atoms with van der Waals surface area (Å²) in [5.41, 5.74) is 5.22. The first-order chi connectivity index (χ1) is 16.6. The average Bonchev–Trinajstić information content (AvgIpc) is 3.42. The number of urea groups is 1. The van der Waals surface area contributed by atoms with Gasteiger partial charge < -0.3 is 19.7 Å². The van der Waals surface area contributed by atoms with Crippen molar-refractivity contribution in [3.8, 4) is 5.00 Å². The van der Waals surface area contributed by atoms with E-state index in [1.165, 1.54) is 33.1 Å². The second-order valence-electron chi connectivity index (χ2n) is 8.96. The highest BCUT2D eigenvalue weighted by Crippen LogP contribution is 2.43. The first kappa shape index (κ1) is 21.1. The van der Waals surface area contributed by atoms with Crippen LogP contribution in [0.3, 0.4) is 0 Å². The van der Waals surface area contributed by atoms with Crippen molar-refractivity contribution < 1.29 is 9.18 Å². The Morgan fingerprint density at radius 2 is 1.79 bits per heavy atom. The standard InChI is InChI=1S/C27H25FN4OS/c1-30-15-13-21-22-16-32(27(33)29-20-6-3-2-4-7-20)25(18-9-11-19(28)12-10-18)23-8-5-14-31(23)26(22)34-24(21)17-30/h2-12,14,25H,13,15-17H2,1H3,(H,29,33)/t25-/m0/s1. The third-order valence-electron chi connectivity index (χ3n) is 6.73. The Bertz CT molecular complexity index is 1340. The molecule has 2 aliphatic heterocycles. The van der Waals surface area contributed by atoms with Gasteiger partial charge in [0.1, 0.15) is 10.8 Å². The summed E-state index contributed by atoms with van der Waals surface area (Å²) in [6.45, 7) is 2.43. The molecule has 5 nitrogen and oxygen atoms in total. The number of fused-ring (bicyclic) bond motifs is 5. The molecule has 172 valence electrons. The Kier molecular flexibility index (Phi) is 5.23. The molecule has 34 heavy (non-hydrogen) atoms. The molecule has 2 aliphatic rings. The van der Waals surface area contributed by atoms with E-state index in [0.29, 0.717) is 6.54 Å². The van der Waals surface area contributed by atoms with Crippen LogP contribution in [-0.4, -0.2) is 34.0 Å². The number of rotatable bonds is 2. The van der Waals surface area contributed by atoms with Crippen LogP contribution in [0.4, 0.5) is 14.9 Å². The second kappa shape index (κ2) is 8.42. The minimum Gasteiger partial charge on any atom is -0.310 e. The fourth-order valence-corrected chi connectivity index (χ4v) is 6.51. The molecule has 0 unspecified atom stereocenters. The Morgan fingerprint density at radius 1 is 1.00 bits per heavy atom. The molecule has 2 aromatic heterocycles. The van der Waals surface area contributed by atoms with E-state index in [9.17, 15) is 9.18 Å². The zero-order chi connectivity index (χ0) is 23.2. The Balaban J connectivity index is 1.50. The number of carbonyl (C=O) groups is 1. The summed E-state index contributed by atoms with van der Waals surface area (Å²) < 4.78 is 16.0. The van der Waals surface area contributed by atoms with Gasteiger partial charge >= 0.3 is 6.03 Å². The normalized spacial score (nSPS) is 17.5. The molecule has 2 amide bonds. The lowest BCUT2D eigenvalue weighted by Gasteiger charge is -2.32. The molecule has 7 heteroatoms. The maximum absolute atomic E-state index is 13.8. The van der Waals surface area contributed by atoms with E-state index in [4.69, 9.17) is 0 Å². The Hall–Kier alpha value is -3.42. The molecular formula is C27H25FN4OS. The van der Waals surface area contributed by atoms with E-state index in [2.05, 4.69) is 34.1 Å². The number of likely N-dealkylation sites (N-methyl/N-ethyl adjacent to an activating group) is 1. The molecule has 0 radical (unpaired) electrons. The van der Waals surface area contributed by atoms with Gasteiger partial charge in [0.15, 0.2) is 0 Å². The summed E-state index contributed by atoms with van der Waals surface area (Å²) in [4.78, 5) is 19.4. The fourth-order valence-electron chi connectivity index (χ4n) is 5.06. The fraction of sp³-hybridized carbons (Fsp3) is 0.222. The van der Waals surface area contributed by atoms with E-state index in [1.54, 1.807) is 12.1 Å². The van der Waals surface area contributed by atoms with Crippen LogP contribution in [0.5, 0.6) is 0 Å². The van der Waals surface area contributed by atoms with Gasteiger partial charge in [0.25, 0.3) is 0 Å². The van der Waals surface area contributed by atoms with E-state index in [0.717, 1.165) is 36.5 Å². The monoisotopic (exact) mass is 472 g/mol. The predicted molar refractivity (Wildman–Crippen MR) is 133 cm³/mol. The molecular weight excluding hydrogens is 447 g/mol. The summed E-state index contributed by atoms with van der Waals surface area (Å²) in [6, 6.07) is 19.6. The van der Waals surface area contributed by atoms with Crippen LogP contribution < -0.4 is 5.32 Å². The first-order valence-corrected chi connectivity index (χ1v) is 12.3. The predicted octanol–water partition coefficient (Wildman–Crippen LogP) is 5.80. The number of carbonyl (C=O) groups excluding carboxylic acids is 1. The second-order valence-corrected chi connectivity index (χ2v) is 10.0. The van der Waals surface area contributed by atoms with Crippen LogP contribution in [0.2, 0.25) is 0 Å². The van der Waals surface area contributed by atoms with Gasteiger partial charge in [0.05, 0.1) is 18.3 Å². The van der Waals surface area contributed by atoms with Crippen LogP contribution in [-0.2, 0) is 19.5 Å². The van der Waals surface area contributed by atoms with Gasteiger partial charge in [-0.25, -0.2) is 9.18 Å². The lowest BCUT2D eigenvalue weighted by Crippen LogP contribution is -2.38. The molecule has 0 fully saturated rings. The summed E-state index contributed by atoms with van der Waals surface area (Å²) in [7, 11) is 2.15. The first-order valence-electron chi connectivity index (χ1n) is 11.5. The number of thiophene rings is 1. The molecule has 0 saturated heterocycles. The number of benzene rings is 2. The molecule has 6 rings (SSSR count). The highest BCUT2D eigenvalue weighted by Gasteiger charge is 2.36. The molecule has 4 heterocycles. The molecule has 1 atom stereocenters. The van der Waals surface area contributed by atoms with Crippen LogP contribution in [0.25, 0.3) is 5.00 Å². The van der Waals surface area contributed by atoms with Gasteiger partial charge in [-0.15, -0.1) is 11.3 Å². The van der Waals surface area contributed by atoms with Gasteiger partial charge in [-0.1, -0.05) is 30.3 Å². The molecule has 4 aromatic rings. The minimum absolute atomic E-state index is 0.172. The van der Waals surface area contributed by atoms with Crippen molar-refractivity contribution in [3.05, 3.63) is 106 Å². The highest BCUT2D eigenvalue weighted by molar-refractivity contribution is 7.15. The van der Waals surface area contributed by atoms with Crippen molar-refractivity contribution in [3.63, 3.8) is 0 Å². The molecule has 1 N–H and O–H groups in total. The smallest absolute Gasteiger partial charge is 0.310 e. The lowest BCUT2D eigenvalue weighted by molar-refractivity contribution is 0.194. The molecule has 0 aliphatic carbocycles. The summed E-state index contributed by atoms with van der Waals surface area (Å²) >= 11 is 1.82. The maximum atomic E-state index is 13.8. The quantitative estimate of drug-likeness (QED) is 0.400. The molecule has 2 aromatic carbocycles. The average molecular weight is 473 g/mol. The number of anilines is 1.